The summed E-state index contributed by atoms with van der Waals surface area (Å²) in [7, 11) is 2.21. The third-order valence-electron chi connectivity index (χ3n) is 3.29. The summed E-state index contributed by atoms with van der Waals surface area (Å²) in [5.41, 5.74) is 6.73. The Balaban J connectivity index is 1.77. The molecule has 0 amide bonds. The lowest BCUT2D eigenvalue weighted by Gasteiger charge is -2.23. The fourth-order valence-corrected chi connectivity index (χ4v) is 2.47. The number of thiazole rings is 1. The second-order valence-corrected chi connectivity index (χ2v) is 5.38. The Morgan fingerprint density at radius 3 is 2.93 bits per heavy atom. The fourth-order valence-electron chi connectivity index (χ4n) is 1.87. The molecule has 1 fully saturated rings. The lowest BCUT2D eigenvalue weighted by Crippen LogP contribution is -2.32. The first-order valence-corrected chi connectivity index (χ1v) is 6.45. The van der Waals surface area contributed by atoms with Crippen molar-refractivity contribution in [2.24, 2.45) is 5.92 Å². The van der Waals surface area contributed by atoms with Gasteiger partial charge in [0.25, 0.3) is 0 Å². The zero-order chi connectivity index (χ0) is 10.8. The average Bonchev–Trinajstić information content (AvgIpc) is 2.98. The van der Waals surface area contributed by atoms with E-state index in [1.165, 1.54) is 24.2 Å². The molecule has 1 unspecified atom stereocenters. The Morgan fingerprint density at radius 1 is 1.67 bits per heavy atom. The molecule has 84 valence electrons. The molecular weight excluding hydrogens is 206 g/mol. The normalized spacial score (nSPS) is 18.3. The van der Waals surface area contributed by atoms with E-state index in [2.05, 4.69) is 29.2 Å². The summed E-state index contributed by atoms with van der Waals surface area (Å²) >= 11 is 1.53. The Kier molecular flexibility index (Phi) is 3.26. The van der Waals surface area contributed by atoms with Crippen LogP contribution in [-0.4, -0.2) is 29.5 Å². The molecule has 1 aromatic rings. The van der Waals surface area contributed by atoms with Gasteiger partial charge in [0.1, 0.15) is 0 Å². The summed E-state index contributed by atoms with van der Waals surface area (Å²) in [6.07, 6.45) is 3.84. The minimum Gasteiger partial charge on any atom is -0.375 e. The number of anilines is 1. The number of nitrogen functional groups attached to an aromatic ring is 1. The van der Waals surface area contributed by atoms with Crippen LogP contribution in [-0.2, 0) is 6.42 Å². The highest BCUT2D eigenvalue weighted by atomic mass is 32.1. The van der Waals surface area contributed by atoms with Crippen LogP contribution in [0.3, 0.4) is 0 Å². The lowest BCUT2D eigenvalue weighted by molar-refractivity contribution is 0.237. The number of rotatable bonds is 5. The first kappa shape index (κ1) is 10.9. The number of nitrogens with two attached hydrogens (primary N) is 1. The summed E-state index contributed by atoms with van der Waals surface area (Å²) in [5.74, 6) is 0.940. The van der Waals surface area contributed by atoms with Gasteiger partial charge in [0.2, 0.25) is 0 Å². The predicted octanol–water partition coefficient (Wildman–Crippen LogP) is 2.00. The van der Waals surface area contributed by atoms with Gasteiger partial charge in [-0.15, -0.1) is 11.3 Å². The van der Waals surface area contributed by atoms with E-state index in [4.69, 9.17) is 5.73 Å². The van der Waals surface area contributed by atoms with Gasteiger partial charge in [0.15, 0.2) is 5.13 Å². The average molecular weight is 225 g/mol. The molecule has 1 heterocycles. The van der Waals surface area contributed by atoms with Crippen molar-refractivity contribution in [2.45, 2.75) is 32.2 Å². The molecule has 1 aliphatic rings. The number of nitrogens with zero attached hydrogens (tertiary/aromatic N) is 2. The Hall–Kier alpha value is -0.610. The van der Waals surface area contributed by atoms with Crippen molar-refractivity contribution in [3.63, 3.8) is 0 Å². The van der Waals surface area contributed by atoms with E-state index in [0.29, 0.717) is 5.13 Å². The summed E-state index contributed by atoms with van der Waals surface area (Å²) in [5, 5.41) is 2.74. The molecule has 4 heteroatoms. The molecule has 0 bridgehead atoms. The van der Waals surface area contributed by atoms with Crippen molar-refractivity contribution < 1.29 is 0 Å². The van der Waals surface area contributed by atoms with E-state index < -0.39 is 0 Å². The monoisotopic (exact) mass is 225 g/mol. The van der Waals surface area contributed by atoms with Gasteiger partial charge in [-0.25, -0.2) is 4.98 Å². The Labute approximate surface area is 95.3 Å². The van der Waals surface area contributed by atoms with Gasteiger partial charge in [0.05, 0.1) is 5.69 Å². The van der Waals surface area contributed by atoms with E-state index in [1.54, 1.807) is 0 Å². The van der Waals surface area contributed by atoms with Gasteiger partial charge in [0, 0.05) is 24.4 Å². The molecule has 1 atom stereocenters. The largest absolute Gasteiger partial charge is 0.375 e. The molecule has 3 nitrogen and oxygen atoms in total. The summed E-state index contributed by atoms with van der Waals surface area (Å²) in [6, 6.07) is 0.723. The molecular formula is C11H19N3S. The molecule has 2 N–H and O–H groups in total. The maximum atomic E-state index is 5.60. The summed E-state index contributed by atoms with van der Waals surface area (Å²) < 4.78 is 0. The standard InChI is InChI=1S/C11H19N3S/c1-8(9-3-4-9)14(2)6-5-10-7-15-11(12)13-10/h7-9H,3-6H2,1-2H3,(H2,12,13). The minimum absolute atomic E-state index is 0.683. The van der Waals surface area contributed by atoms with Gasteiger partial charge in [-0.3, -0.25) is 0 Å². The van der Waals surface area contributed by atoms with Crippen LogP contribution < -0.4 is 5.73 Å². The maximum Gasteiger partial charge on any atom is 0.180 e. The molecule has 1 saturated carbocycles. The van der Waals surface area contributed by atoms with E-state index in [1.807, 2.05) is 0 Å². The molecule has 2 rings (SSSR count). The van der Waals surface area contributed by atoms with Gasteiger partial charge >= 0.3 is 0 Å². The summed E-state index contributed by atoms with van der Waals surface area (Å²) in [4.78, 5) is 6.71. The molecule has 1 aromatic heterocycles. The molecule has 0 saturated heterocycles. The van der Waals surface area contributed by atoms with Crippen LogP contribution in [0.15, 0.2) is 5.38 Å². The third-order valence-corrected chi connectivity index (χ3v) is 4.01. The first-order valence-electron chi connectivity index (χ1n) is 5.57. The highest BCUT2D eigenvalue weighted by Gasteiger charge is 2.30. The van der Waals surface area contributed by atoms with Gasteiger partial charge in [-0.2, -0.15) is 0 Å². The molecule has 0 aliphatic heterocycles. The van der Waals surface area contributed by atoms with Crippen LogP contribution in [0, 0.1) is 5.92 Å². The van der Waals surface area contributed by atoms with Crippen LogP contribution in [0.4, 0.5) is 5.13 Å². The predicted molar refractivity (Wildman–Crippen MR) is 65.0 cm³/mol. The molecule has 15 heavy (non-hydrogen) atoms. The topological polar surface area (TPSA) is 42.1 Å². The number of likely N-dealkylation sites (N-methyl/N-ethyl adjacent to an activating group) is 1. The van der Waals surface area contributed by atoms with Crippen LogP contribution in [0.2, 0.25) is 0 Å². The molecule has 1 aliphatic carbocycles. The minimum atomic E-state index is 0.683. The van der Waals surface area contributed by atoms with E-state index >= 15 is 0 Å². The van der Waals surface area contributed by atoms with Crippen molar-refractivity contribution in [3.05, 3.63) is 11.1 Å². The van der Waals surface area contributed by atoms with Gasteiger partial charge in [-0.05, 0) is 32.7 Å². The number of hydrogen-bond donors (Lipinski definition) is 1. The molecule has 0 aromatic carbocycles. The van der Waals surface area contributed by atoms with Crippen molar-refractivity contribution in [1.29, 1.82) is 0 Å². The van der Waals surface area contributed by atoms with Crippen LogP contribution in [0.5, 0.6) is 0 Å². The fraction of sp³-hybridized carbons (Fsp3) is 0.727. The Bertz CT molecular complexity index is 319. The quantitative estimate of drug-likeness (QED) is 0.833. The number of hydrogen-bond acceptors (Lipinski definition) is 4. The van der Waals surface area contributed by atoms with Crippen LogP contribution in [0.25, 0.3) is 0 Å². The second-order valence-electron chi connectivity index (χ2n) is 4.49. The van der Waals surface area contributed by atoms with Crippen molar-refractivity contribution in [3.8, 4) is 0 Å². The van der Waals surface area contributed by atoms with Crippen LogP contribution >= 0.6 is 11.3 Å². The van der Waals surface area contributed by atoms with E-state index in [-0.39, 0.29) is 0 Å². The SMILES string of the molecule is CC(C1CC1)N(C)CCc1csc(N)n1. The smallest absolute Gasteiger partial charge is 0.180 e. The van der Waals surface area contributed by atoms with Crippen LogP contribution in [0.1, 0.15) is 25.5 Å². The summed E-state index contributed by atoms with van der Waals surface area (Å²) in [6.45, 7) is 3.41. The maximum absolute atomic E-state index is 5.60. The van der Waals surface area contributed by atoms with Gasteiger partial charge in [-0.1, -0.05) is 0 Å². The van der Waals surface area contributed by atoms with E-state index in [9.17, 15) is 0 Å². The Morgan fingerprint density at radius 2 is 2.40 bits per heavy atom. The molecule has 0 spiro atoms. The van der Waals surface area contributed by atoms with E-state index in [0.717, 1.165) is 30.6 Å². The van der Waals surface area contributed by atoms with Gasteiger partial charge < -0.3 is 10.6 Å². The van der Waals surface area contributed by atoms with Crippen molar-refractivity contribution in [1.82, 2.24) is 9.88 Å². The zero-order valence-electron chi connectivity index (χ0n) is 9.44. The van der Waals surface area contributed by atoms with Crippen molar-refractivity contribution in [2.75, 3.05) is 19.3 Å². The third kappa shape index (κ3) is 2.92. The lowest BCUT2D eigenvalue weighted by atomic mass is 10.2. The zero-order valence-corrected chi connectivity index (χ0v) is 10.3. The van der Waals surface area contributed by atoms with Crippen molar-refractivity contribution >= 4 is 16.5 Å². The highest BCUT2D eigenvalue weighted by Crippen LogP contribution is 2.34. The first-order chi connectivity index (χ1) is 7.16. The highest BCUT2D eigenvalue weighted by molar-refractivity contribution is 7.13. The number of aromatic nitrogens is 1. The second kappa shape index (κ2) is 4.49. The molecule has 0 radical (unpaired) electrons.